The molecule has 1 aromatic carbocycles. The van der Waals surface area contributed by atoms with Crippen molar-refractivity contribution < 1.29 is 44.2 Å². The first-order chi connectivity index (χ1) is 6.08. The average Bonchev–Trinajstić information content (AvgIpc) is 2.18. The van der Waals surface area contributed by atoms with Gasteiger partial charge in [-0.05, 0) is 0 Å². The van der Waals surface area contributed by atoms with Crippen LogP contribution in [0, 0.1) is 0 Å². The summed E-state index contributed by atoms with van der Waals surface area (Å²) in [6.07, 6.45) is 0. The molecule has 0 atom stereocenters. The molecule has 0 bridgehead atoms. The number of carbonyl (C=O) groups is 1. The minimum absolute atomic E-state index is 0. The monoisotopic (exact) mass is 224 g/mol. The summed E-state index contributed by atoms with van der Waals surface area (Å²) in [4.78, 5) is 12.6. The second-order valence-corrected chi connectivity index (χ2v) is 3.89. The number of nitrogens with one attached hydrogen (secondary N) is 1. The number of benzene rings is 1. The summed E-state index contributed by atoms with van der Waals surface area (Å²) in [5.74, 6) is 4.69. The molecule has 1 aromatic rings. The van der Waals surface area contributed by atoms with Crippen LogP contribution in [0.1, 0.15) is 11.8 Å². The zero-order chi connectivity index (χ0) is 9.90. The first-order valence-corrected chi connectivity index (χ1v) is 4.88. The van der Waals surface area contributed by atoms with Gasteiger partial charge in [0.05, 0.1) is 0 Å². The van der Waals surface area contributed by atoms with E-state index in [1.54, 1.807) is 18.2 Å². The van der Waals surface area contributed by atoms with E-state index in [0.29, 0.717) is 0 Å². The number of nitrogens with two attached hydrogens (primary N) is 1. The maximum Gasteiger partial charge on any atom is 1.00 e. The Kier molecular flexibility index (Phi) is 5.50. The summed E-state index contributed by atoms with van der Waals surface area (Å²) in [5, 5.41) is -1.03. The van der Waals surface area contributed by atoms with Crippen LogP contribution in [0.15, 0.2) is 30.3 Å². The predicted molar refractivity (Wildman–Crippen MR) is 48.1 cm³/mol. The van der Waals surface area contributed by atoms with E-state index in [9.17, 15) is 13.2 Å². The van der Waals surface area contributed by atoms with Gasteiger partial charge in [-0.1, -0.05) is 30.3 Å². The summed E-state index contributed by atoms with van der Waals surface area (Å²) in [6, 6.07) is 7.62. The SMILES string of the molecule is NNS(=O)(=O)C(=O)c1ccccc1.[H-].[Na+]. The molecule has 14 heavy (non-hydrogen) atoms. The second kappa shape index (κ2) is 5.59. The molecule has 7 heteroatoms. The van der Waals surface area contributed by atoms with Gasteiger partial charge >= 0.3 is 29.6 Å². The van der Waals surface area contributed by atoms with E-state index in [-0.39, 0.29) is 36.5 Å². The van der Waals surface area contributed by atoms with Crippen molar-refractivity contribution in [3.63, 3.8) is 0 Å². The molecule has 72 valence electrons. The van der Waals surface area contributed by atoms with Crippen molar-refractivity contribution in [1.82, 2.24) is 4.83 Å². The Labute approximate surface area is 105 Å². The van der Waals surface area contributed by atoms with E-state index in [1.807, 2.05) is 0 Å². The van der Waals surface area contributed by atoms with Crippen LogP contribution < -0.4 is 40.2 Å². The molecule has 0 aliphatic carbocycles. The van der Waals surface area contributed by atoms with Crippen LogP contribution in [0.2, 0.25) is 0 Å². The van der Waals surface area contributed by atoms with Gasteiger partial charge in [-0.15, -0.1) is 4.83 Å². The topological polar surface area (TPSA) is 89.3 Å². The number of sulfonamides is 1. The fourth-order valence-electron chi connectivity index (χ4n) is 0.783. The summed E-state index contributed by atoms with van der Waals surface area (Å²) >= 11 is 0. The van der Waals surface area contributed by atoms with E-state index >= 15 is 0 Å². The number of carbonyl (C=O) groups excluding carboxylic acids is 1. The van der Waals surface area contributed by atoms with Crippen molar-refractivity contribution in [2.24, 2.45) is 5.84 Å². The van der Waals surface area contributed by atoms with E-state index < -0.39 is 15.1 Å². The Bertz CT molecular complexity index is 410. The normalized spacial score (nSPS) is 10.4. The largest absolute Gasteiger partial charge is 1.00 e. The Balaban J connectivity index is 0. The smallest absolute Gasteiger partial charge is 1.00 e. The van der Waals surface area contributed by atoms with E-state index in [2.05, 4.69) is 5.84 Å². The zero-order valence-electron chi connectivity index (χ0n) is 8.60. The Morgan fingerprint density at radius 3 is 2.21 bits per heavy atom. The molecule has 3 N–H and O–H groups in total. The molecule has 5 nitrogen and oxygen atoms in total. The third-order valence-corrected chi connectivity index (χ3v) is 2.44. The van der Waals surface area contributed by atoms with Gasteiger partial charge in [-0.3, -0.25) is 10.6 Å². The fraction of sp³-hybridized carbons (Fsp3) is 0. The second-order valence-electron chi connectivity index (χ2n) is 2.27. The number of hydrogen-bond donors (Lipinski definition) is 2. The summed E-state index contributed by atoms with van der Waals surface area (Å²) in [7, 11) is -4.06. The van der Waals surface area contributed by atoms with Crippen LogP contribution in [0.4, 0.5) is 0 Å². The number of hydrazine groups is 1. The molecule has 0 aromatic heterocycles. The van der Waals surface area contributed by atoms with Crippen molar-refractivity contribution in [1.29, 1.82) is 0 Å². The molecule has 0 aliphatic heterocycles. The summed E-state index contributed by atoms with van der Waals surface area (Å²) in [5.41, 5.74) is 0.0838. The molecular formula is C7H9N2NaO3S. The molecule has 0 amide bonds. The maximum atomic E-state index is 11.2. The Morgan fingerprint density at radius 1 is 1.29 bits per heavy atom. The molecule has 0 spiro atoms. The van der Waals surface area contributed by atoms with E-state index in [0.717, 1.165) is 0 Å². The van der Waals surface area contributed by atoms with Gasteiger partial charge in [0.2, 0.25) is 0 Å². The summed E-state index contributed by atoms with van der Waals surface area (Å²) < 4.78 is 21.8. The fourth-order valence-corrected chi connectivity index (χ4v) is 1.34. The van der Waals surface area contributed by atoms with Crippen LogP contribution in [0.5, 0.6) is 0 Å². The van der Waals surface area contributed by atoms with E-state index in [4.69, 9.17) is 0 Å². The molecule has 1 rings (SSSR count). The van der Waals surface area contributed by atoms with Gasteiger partial charge in [0.1, 0.15) is 0 Å². The van der Waals surface area contributed by atoms with Gasteiger partial charge in [-0.25, -0.2) is 8.42 Å². The third kappa shape index (κ3) is 3.16. The molecular weight excluding hydrogens is 215 g/mol. The van der Waals surface area contributed by atoms with Crippen molar-refractivity contribution in [2.75, 3.05) is 0 Å². The molecule has 0 unspecified atom stereocenters. The number of hydrogen-bond acceptors (Lipinski definition) is 4. The molecule has 0 aliphatic rings. The first-order valence-electron chi connectivity index (χ1n) is 3.40. The molecule has 0 heterocycles. The third-order valence-electron chi connectivity index (χ3n) is 1.41. The minimum Gasteiger partial charge on any atom is -1.00 e. The van der Waals surface area contributed by atoms with Crippen LogP contribution in [-0.2, 0) is 10.0 Å². The van der Waals surface area contributed by atoms with Gasteiger partial charge in [0.25, 0.3) is 15.1 Å². The Hall–Kier alpha value is -0.240. The van der Waals surface area contributed by atoms with Crippen LogP contribution in [0.3, 0.4) is 0 Å². The van der Waals surface area contributed by atoms with Crippen LogP contribution >= 0.6 is 0 Å². The molecule has 0 saturated carbocycles. The number of rotatable bonds is 2. The average molecular weight is 224 g/mol. The molecule has 0 fully saturated rings. The minimum atomic E-state index is -4.06. The van der Waals surface area contributed by atoms with Crippen molar-refractivity contribution in [2.45, 2.75) is 0 Å². The van der Waals surface area contributed by atoms with Gasteiger partial charge in [0, 0.05) is 5.56 Å². The van der Waals surface area contributed by atoms with Crippen LogP contribution in [0.25, 0.3) is 0 Å². The summed E-state index contributed by atoms with van der Waals surface area (Å²) in [6.45, 7) is 0. The predicted octanol–water partition coefficient (Wildman–Crippen LogP) is -3.26. The van der Waals surface area contributed by atoms with Crippen LogP contribution in [-0.4, -0.2) is 13.5 Å². The van der Waals surface area contributed by atoms with Gasteiger partial charge < -0.3 is 1.43 Å². The zero-order valence-corrected chi connectivity index (χ0v) is 10.4. The van der Waals surface area contributed by atoms with Gasteiger partial charge in [0.15, 0.2) is 0 Å². The van der Waals surface area contributed by atoms with Crippen molar-refractivity contribution >= 4 is 15.1 Å². The van der Waals surface area contributed by atoms with Gasteiger partial charge in [-0.2, -0.15) is 0 Å². The first kappa shape index (κ1) is 13.8. The Morgan fingerprint density at radius 2 is 1.79 bits per heavy atom. The quantitative estimate of drug-likeness (QED) is 0.313. The van der Waals surface area contributed by atoms with Crippen molar-refractivity contribution in [3.8, 4) is 0 Å². The maximum absolute atomic E-state index is 11.2. The molecule has 0 radical (unpaired) electrons. The standard InChI is InChI=1S/C7H8N2O3S.Na.H/c8-9-13(11,12)7(10)6-4-2-1-3-5-6;;/h1-5,9H,8H2;;/q;+1;-1. The van der Waals surface area contributed by atoms with Crippen molar-refractivity contribution in [3.05, 3.63) is 35.9 Å². The van der Waals surface area contributed by atoms with E-state index in [1.165, 1.54) is 17.0 Å². The molecule has 0 saturated heterocycles.